The summed E-state index contributed by atoms with van der Waals surface area (Å²) < 4.78 is 0. The number of carbonyl (C=O) groups is 1. The Kier molecular flexibility index (Phi) is 2.89. The molecule has 1 heteroatoms. The number of aryl methyl sites for hydroxylation is 2. The van der Waals surface area contributed by atoms with Crippen LogP contribution in [0.5, 0.6) is 0 Å². The third-order valence-electron chi connectivity index (χ3n) is 3.59. The molecule has 1 aromatic rings. The van der Waals surface area contributed by atoms with Crippen molar-refractivity contribution in [1.29, 1.82) is 0 Å². The van der Waals surface area contributed by atoms with Gasteiger partial charge in [0.1, 0.15) is 0 Å². The van der Waals surface area contributed by atoms with Gasteiger partial charge < -0.3 is 0 Å². The number of rotatable bonds is 2. The highest BCUT2D eigenvalue weighted by molar-refractivity contribution is 6.01. The molecule has 92 valence electrons. The van der Waals surface area contributed by atoms with Crippen LogP contribution in [0.15, 0.2) is 12.1 Å². The van der Waals surface area contributed by atoms with Gasteiger partial charge in [0, 0.05) is 11.5 Å². The fraction of sp³-hybridized carbons (Fsp3) is 0.562. The maximum atomic E-state index is 12.2. The molecule has 0 radical (unpaired) electrons. The first-order valence-electron chi connectivity index (χ1n) is 6.46. The summed E-state index contributed by atoms with van der Waals surface area (Å²) >= 11 is 0. The molecule has 1 fully saturated rings. The molecule has 0 saturated heterocycles. The second kappa shape index (κ2) is 3.97. The molecule has 1 saturated carbocycles. The van der Waals surface area contributed by atoms with Crippen LogP contribution >= 0.6 is 0 Å². The lowest BCUT2D eigenvalue weighted by Crippen LogP contribution is -2.14. The van der Waals surface area contributed by atoms with E-state index in [4.69, 9.17) is 0 Å². The molecule has 17 heavy (non-hydrogen) atoms. The number of Topliss-reactive ketones (excluding diaryl/α,β-unsaturated/α-hetero) is 1. The van der Waals surface area contributed by atoms with Crippen LogP contribution in [0.2, 0.25) is 0 Å². The lowest BCUT2D eigenvalue weighted by molar-refractivity contribution is 0.0966. The molecule has 1 aliphatic carbocycles. The second-order valence-electron chi connectivity index (χ2n) is 6.37. The summed E-state index contributed by atoms with van der Waals surface area (Å²) in [7, 11) is 0. The van der Waals surface area contributed by atoms with Crippen molar-refractivity contribution in [2.24, 2.45) is 5.92 Å². The van der Waals surface area contributed by atoms with Crippen LogP contribution in [-0.4, -0.2) is 5.78 Å². The predicted molar refractivity (Wildman–Crippen MR) is 71.7 cm³/mol. The highest BCUT2D eigenvalue weighted by Crippen LogP contribution is 2.35. The van der Waals surface area contributed by atoms with Gasteiger partial charge in [-0.05, 0) is 48.8 Å². The quantitative estimate of drug-likeness (QED) is 0.696. The Morgan fingerprint density at radius 3 is 1.94 bits per heavy atom. The lowest BCUT2D eigenvalue weighted by Gasteiger charge is -2.22. The monoisotopic (exact) mass is 230 g/mol. The summed E-state index contributed by atoms with van der Waals surface area (Å²) in [6.45, 7) is 10.8. The van der Waals surface area contributed by atoms with Gasteiger partial charge in [-0.3, -0.25) is 4.79 Å². The average molecular weight is 230 g/mol. The lowest BCUT2D eigenvalue weighted by atomic mass is 9.83. The first kappa shape index (κ1) is 12.3. The third kappa shape index (κ3) is 2.43. The molecule has 0 heterocycles. The molecule has 1 aliphatic rings. The number of benzene rings is 1. The van der Waals surface area contributed by atoms with E-state index in [0.717, 1.165) is 29.5 Å². The van der Waals surface area contributed by atoms with Crippen molar-refractivity contribution in [1.82, 2.24) is 0 Å². The Morgan fingerprint density at radius 2 is 1.59 bits per heavy atom. The molecule has 0 unspecified atom stereocenters. The van der Waals surface area contributed by atoms with Gasteiger partial charge in [0.05, 0.1) is 0 Å². The molecule has 1 nitrogen and oxygen atoms in total. The van der Waals surface area contributed by atoms with E-state index < -0.39 is 0 Å². The Labute approximate surface area is 104 Å². The minimum atomic E-state index is 0.149. The topological polar surface area (TPSA) is 17.1 Å². The predicted octanol–water partition coefficient (Wildman–Crippen LogP) is 4.19. The van der Waals surface area contributed by atoms with Crippen LogP contribution in [0.3, 0.4) is 0 Å². The van der Waals surface area contributed by atoms with Gasteiger partial charge in [0.25, 0.3) is 0 Å². The molecule has 0 atom stereocenters. The van der Waals surface area contributed by atoms with Crippen LogP contribution < -0.4 is 0 Å². The number of hydrogen-bond donors (Lipinski definition) is 0. The molecule has 0 aliphatic heterocycles. The molecule has 0 spiro atoms. The van der Waals surface area contributed by atoms with Crippen molar-refractivity contribution in [2.75, 3.05) is 0 Å². The fourth-order valence-corrected chi connectivity index (χ4v) is 2.33. The van der Waals surface area contributed by atoms with Crippen molar-refractivity contribution < 1.29 is 4.79 Å². The van der Waals surface area contributed by atoms with Crippen molar-refractivity contribution >= 4 is 5.78 Å². The van der Waals surface area contributed by atoms with E-state index in [1.165, 1.54) is 5.56 Å². The van der Waals surface area contributed by atoms with Crippen molar-refractivity contribution in [3.8, 4) is 0 Å². The van der Waals surface area contributed by atoms with Crippen LogP contribution in [0.4, 0.5) is 0 Å². The van der Waals surface area contributed by atoms with E-state index in [2.05, 4.69) is 46.8 Å². The number of hydrogen-bond acceptors (Lipinski definition) is 1. The molecule has 0 bridgehead atoms. The highest BCUT2D eigenvalue weighted by Gasteiger charge is 2.32. The Hall–Kier alpha value is -1.11. The van der Waals surface area contributed by atoms with Crippen LogP contribution in [0.25, 0.3) is 0 Å². The summed E-state index contributed by atoms with van der Waals surface area (Å²) in [6.07, 6.45) is 2.16. The Morgan fingerprint density at radius 1 is 1.12 bits per heavy atom. The first-order chi connectivity index (χ1) is 7.80. The first-order valence-corrected chi connectivity index (χ1v) is 6.46. The maximum Gasteiger partial charge on any atom is 0.166 e. The van der Waals surface area contributed by atoms with Gasteiger partial charge in [0.2, 0.25) is 0 Å². The van der Waals surface area contributed by atoms with Crippen molar-refractivity contribution in [3.63, 3.8) is 0 Å². The van der Waals surface area contributed by atoms with E-state index in [9.17, 15) is 4.79 Å². The smallest absolute Gasteiger partial charge is 0.166 e. The zero-order valence-electron chi connectivity index (χ0n) is 11.6. The van der Waals surface area contributed by atoms with Gasteiger partial charge in [-0.1, -0.05) is 32.9 Å². The van der Waals surface area contributed by atoms with Gasteiger partial charge in [0.15, 0.2) is 5.78 Å². The molecule has 1 aromatic carbocycles. The molecule has 0 N–H and O–H groups in total. The molecule has 0 aromatic heterocycles. The van der Waals surface area contributed by atoms with E-state index in [1.54, 1.807) is 0 Å². The van der Waals surface area contributed by atoms with Gasteiger partial charge >= 0.3 is 0 Å². The Balaban J connectivity index is 2.45. The average Bonchev–Trinajstić information content (AvgIpc) is 2.97. The highest BCUT2D eigenvalue weighted by atomic mass is 16.1. The van der Waals surface area contributed by atoms with Crippen molar-refractivity contribution in [3.05, 3.63) is 34.4 Å². The largest absolute Gasteiger partial charge is 0.294 e. The van der Waals surface area contributed by atoms with Gasteiger partial charge in [-0.15, -0.1) is 0 Å². The van der Waals surface area contributed by atoms with E-state index in [-0.39, 0.29) is 5.41 Å². The van der Waals surface area contributed by atoms with Gasteiger partial charge in [-0.2, -0.15) is 0 Å². The maximum absolute atomic E-state index is 12.2. The van der Waals surface area contributed by atoms with Crippen molar-refractivity contribution in [2.45, 2.75) is 52.9 Å². The summed E-state index contributed by atoms with van der Waals surface area (Å²) in [5, 5.41) is 0. The number of ketones is 1. The molecular weight excluding hydrogens is 208 g/mol. The van der Waals surface area contributed by atoms with Crippen LogP contribution in [0, 0.1) is 19.8 Å². The minimum absolute atomic E-state index is 0.149. The minimum Gasteiger partial charge on any atom is -0.294 e. The zero-order chi connectivity index (χ0) is 12.8. The summed E-state index contributed by atoms with van der Waals surface area (Å²) in [4.78, 5) is 12.2. The van der Waals surface area contributed by atoms with E-state index in [0.29, 0.717) is 11.7 Å². The Bertz CT molecular complexity index is 436. The summed E-state index contributed by atoms with van der Waals surface area (Å²) in [5.41, 5.74) is 4.73. The third-order valence-corrected chi connectivity index (χ3v) is 3.59. The number of carbonyl (C=O) groups excluding carboxylic acids is 1. The molecular formula is C16H22O. The van der Waals surface area contributed by atoms with E-state index in [1.807, 2.05) is 0 Å². The summed E-state index contributed by atoms with van der Waals surface area (Å²) in [5.74, 6) is 0.674. The summed E-state index contributed by atoms with van der Waals surface area (Å²) in [6, 6.07) is 4.37. The standard InChI is InChI=1S/C16H22O/c1-10-8-13(16(3,4)5)9-11(2)14(10)15(17)12-6-7-12/h8-9,12H,6-7H2,1-5H3. The fourth-order valence-electron chi connectivity index (χ4n) is 2.33. The van der Waals surface area contributed by atoms with E-state index >= 15 is 0 Å². The molecule has 2 rings (SSSR count). The zero-order valence-corrected chi connectivity index (χ0v) is 11.6. The second-order valence-corrected chi connectivity index (χ2v) is 6.37. The van der Waals surface area contributed by atoms with Gasteiger partial charge in [-0.25, -0.2) is 0 Å². The SMILES string of the molecule is Cc1cc(C(C)(C)C)cc(C)c1C(=O)C1CC1. The normalized spacial score (nSPS) is 16.1. The van der Waals surface area contributed by atoms with Crippen LogP contribution in [-0.2, 0) is 5.41 Å². The molecule has 0 amide bonds. The van der Waals surface area contributed by atoms with Crippen LogP contribution in [0.1, 0.15) is 60.7 Å².